The molecule has 1 atom stereocenters. The van der Waals surface area contributed by atoms with Crippen molar-refractivity contribution < 1.29 is 4.79 Å². The molecule has 0 radical (unpaired) electrons. The summed E-state index contributed by atoms with van der Waals surface area (Å²) in [7, 11) is 0. The molecule has 0 aliphatic rings. The van der Waals surface area contributed by atoms with Gasteiger partial charge in [0.15, 0.2) is 11.0 Å². The molecule has 1 amide bonds. The minimum absolute atomic E-state index is 0.0697. The monoisotopic (exact) mass is 470 g/mol. The van der Waals surface area contributed by atoms with E-state index in [9.17, 15) is 4.79 Å². The van der Waals surface area contributed by atoms with Crippen molar-refractivity contribution in [3.05, 3.63) is 67.0 Å². The Morgan fingerprint density at radius 3 is 2.44 bits per heavy atom. The number of aryl methyl sites for hydroxylation is 1. The summed E-state index contributed by atoms with van der Waals surface area (Å²) in [6, 6.07) is 18.3. The lowest BCUT2D eigenvalue weighted by Gasteiger charge is -2.13. The third kappa shape index (κ3) is 3.94. The third-order valence-corrected chi connectivity index (χ3v) is 7.06. The zero-order chi connectivity index (χ0) is 23.7. The van der Waals surface area contributed by atoms with Crippen LogP contribution in [0.5, 0.6) is 0 Å². The second-order valence-corrected chi connectivity index (χ2v) is 9.34. The van der Waals surface area contributed by atoms with E-state index in [0.717, 1.165) is 34.2 Å². The minimum atomic E-state index is -0.340. The summed E-state index contributed by atoms with van der Waals surface area (Å²) < 4.78 is 4.32. The predicted octanol–water partition coefficient (Wildman–Crippen LogP) is 5.61. The number of nitrogens with one attached hydrogen (secondary N) is 1. The van der Waals surface area contributed by atoms with Gasteiger partial charge in [0, 0.05) is 58.5 Å². The van der Waals surface area contributed by atoms with Crippen LogP contribution in [-0.2, 0) is 17.9 Å². The molecule has 1 unspecified atom stereocenters. The van der Waals surface area contributed by atoms with E-state index >= 15 is 0 Å². The molecule has 8 heteroatoms. The number of thioether (sulfide) groups is 1. The first kappa shape index (κ1) is 22.2. The van der Waals surface area contributed by atoms with Crippen LogP contribution in [-0.4, -0.2) is 35.5 Å². The van der Waals surface area contributed by atoms with Crippen LogP contribution in [0, 0.1) is 0 Å². The minimum Gasteiger partial charge on any atom is -0.341 e. The molecule has 7 nitrogen and oxygen atoms in total. The Kier molecular flexibility index (Phi) is 6.06. The molecular weight excluding hydrogens is 444 g/mol. The molecule has 0 aliphatic heterocycles. The van der Waals surface area contributed by atoms with Gasteiger partial charge in [-0.3, -0.25) is 9.78 Å². The normalized spacial score (nSPS) is 12.3. The Balaban J connectivity index is 1.37. The van der Waals surface area contributed by atoms with Crippen molar-refractivity contribution in [1.29, 1.82) is 0 Å². The Hall–Kier alpha value is -3.65. The number of rotatable bonds is 7. The Morgan fingerprint density at radius 1 is 0.941 bits per heavy atom. The molecular formula is C26H26N6OS. The summed E-state index contributed by atoms with van der Waals surface area (Å²) >= 11 is 1.41. The lowest BCUT2D eigenvalue weighted by molar-refractivity contribution is -0.115. The maximum atomic E-state index is 13.1. The van der Waals surface area contributed by atoms with Gasteiger partial charge in [-0.2, -0.15) is 0 Å². The smallest absolute Gasteiger partial charge is 0.237 e. The highest BCUT2D eigenvalue weighted by Crippen LogP contribution is 2.32. The number of aromatic nitrogens is 5. The lowest BCUT2D eigenvalue weighted by atomic mass is 10.1. The van der Waals surface area contributed by atoms with Gasteiger partial charge in [0.05, 0.1) is 5.25 Å². The SMILES string of the molecule is CCn1c(SC(C)C(=O)Nc2ccc3c(c2)c2ccccc2n3CC)nnc1-c1ccncc1. The fourth-order valence-corrected chi connectivity index (χ4v) is 5.22. The van der Waals surface area contributed by atoms with Crippen LogP contribution >= 0.6 is 11.8 Å². The molecule has 5 aromatic rings. The first-order valence-corrected chi connectivity index (χ1v) is 12.3. The van der Waals surface area contributed by atoms with Gasteiger partial charge in [-0.15, -0.1) is 10.2 Å². The fourth-order valence-electron chi connectivity index (χ4n) is 4.30. The molecule has 3 heterocycles. The fraction of sp³-hybridized carbons (Fsp3) is 0.231. The van der Waals surface area contributed by atoms with E-state index in [2.05, 4.69) is 68.4 Å². The molecule has 0 fully saturated rings. The van der Waals surface area contributed by atoms with Crippen LogP contribution in [0.25, 0.3) is 33.2 Å². The number of para-hydroxylation sites is 1. The average molecular weight is 471 g/mol. The lowest BCUT2D eigenvalue weighted by Crippen LogP contribution is -2.23. The molecule has 0 spiro atoms. The van der Waals surface area contributed by atoms with Crippen LogP contribution in [0.4, 0.5) is 5.69 Å². The molecule has 0 bridgehead atoms. The van der Waals surface area contributed by atoms with Gasteiger partial charge in [0.2, 0.25) is 5.91 Å². The Bertz CT molecular complexity index is 1470. The molecule has 0 saturated heterocycles. The number of hydrogen-bond donors (Lipinski definition) is 1. The van der Waals surface area contributed by atoms with E-state index in [0.29, 0.717) is 6.54 Å². The summed E-state index contributed by atoms with van der Waals surface area (Å²) in [5.41, 5.74) is 4.12. The van der Waals surface area contributed by atoms with Gasteiger partial charge in [0.1, 0.15) is 0 Å². The number of amides is 1. The Labute approximate surface area is 202 Å². The summed E-state index contributed by atoms with van der Waals surface area (Å²) in [4.78, 5) is 17.1. The highest BCUT2D eigenvalue weighted by Gasteiger charge is 2.21. The van der Waals surface area contributed by atoms with Crippen LogP contribution in [0.2, 0.25) is 0 Å². The van der Waals surface area contributed by atoms with Gasteiger partial charge >= 0.3 is 0 Å². The van der Waals surface area contributed by atoms with E-state index in [1.54, 1.807) is 12.4 Å². The van der Waals surface area contributed by atoms with Gasteiger partial charge < -0.3 is 14.5 Å². The molecule has 0 aliphatic carbocycles. The van der Waals surface area contributed by atoms with E-state index in [1.165, 1.54) is 28.2 Å². The summed E-state index contributed by atoms with van der Waals surface area (Å²) in [6.07, 6.45) is 3.48. The van der Waals surface area contributed by atoms with E-state index < -0.39 is 0 Å². The maximum absolute atomic E-state index is 13.1. The zero-order valence-electron chi connectivity index (χ0n) is 19.4. The number of carbonyl (C=O) groups excluding carboxylic acids is 1. The number of anilines is 1. The standard InChI is InChI=1S/C26H26N6OS/c1-4-31-22-9-7-6-8-20(22)21-16-19(10-11-23(21)31)28-25(33)17(3)34-26-30-29-24(32(26)5-2)18-12-14-27-15-13-18/h6-17H,4-5H2,1-3H3,(H,28,33). The summed E-state index contributed by atoms with van der Waals surface area (Å²) in [5.74, 6) is 0.706. The molecule has 3 aromatic heterocycles. The maximum Gasteiger partial charge on any atom is 0.237 e. The van der Waals surface area contributed by atoms with E-state index in [-0.39, 0.29) is 11.2 Å². The van der Waals surface area contributed by atoms with Crippen LogP contribution in [0.15, 0.2) is 72.1 Å². The number of fused-ring (bicyclic) bond motifs is 3. The molecule has 5 rings (SSSR count). The zero-order valence-corrected chi connectivity index (χ0v) is 20.2. The molecule has 1 N–H and O–H groups in total. The number of pyridine rings is 1. The summed E-state index contributed by atoms with van der Waals surface area (Å²) in [6.45, 7) is 7.69. The van der Waals surface area contributed by atoms with Crippen molar-refractivity contribution in [3.63, 3.8) is 0 Å². The largest absolute Gasteiger partial charge is 0.341 e. The van der Waals surface area contributed by atoms with Gasteiger partial charge in [0.25, 0.3) is 0 Å². The van der Waals surface area contributed by atoms with Crippen molar-refractivity contribution in [1.82, 2.24) is 24.3 Å². The number of carbonyl (C=O) groups is 1. The van der Waals surface area contributed by atoms with Crippen LogP contribution in [0.1, 0.15) is 20.8 Å². The highest BCUT2D eigenvalue weighted by atomic mass is 32.2. The topological polar surface area (TPSA) is 77.6 Å². The van der Waals surface area contributed by atoms with E-state index in [4.69, 9.17) is 0 Å². The second kappa shape index (κ2) is 9.30. The van der Waals surface area contributed by atoms with E-state index in [1.807, 2.05) is 36.6 Å². The third-order valence-electron chi connectivity index (χ3n) is 5.98. The van der Waals surface area contributed by atoms with Gasteiger partial charge in [-0.05, 0) is 57.2 Å². The first-order chi connectivity index (χ1) is 16.6. The van der Waals surface area contributed by atoms with Crippen molar-refractivity contribution >= 4 is 45.2 Å². The van der Waals surface area contributed by atoms with Crippen molar-refractivity contribution in [2.45, 2.75) is 44.3 Å². The average Bonchev–Trinajstić information content (AvgIpc) is 3.42. The number of hydrogen-bond acceptors (Lipinski definition) is 5. The van der Waals surface area contributed by atoms with Crippen molar-refractivity contribution in [2.75, 3.05) is 5.32 Å². The second-order valence-electron chi connectivity index (χ2n) is 8.03. The Morgan fingerprint density at radius 2 is 1.68 bits per heavy atom. The van der Waals surface area contributed by atoms with Crippen LogP contribution < -0.4 is 5.32 Å². The number of benzene rings is 2. The van der Waals surface area contributed by atoms with Crippen LogP contribution in [0.3, 0.4) is 0 Å². The quantitative estimate of drug-likeness (QED) is 0.313. The summed E-state index contributed by atoms with van der Waals surface area (Å²) in [5, 5.41) is 14.5. The predicted molar refractivity (Wildman–Crippen MR) is 138 cm³/mol. The van der Waals surface area contributed by atoms with Gasteiger partial charge in [-0.25, -0.2) is 0 Å². The number of nitrogens with zero attached hydrogens (tertiary/aromatic N) is 5. The molecule has 34 heavy (non-hydrogen) atoms. The van der Waals surface area contributed by atoms with Crippen molar-refractivity contribution in [3.8, 4) is 11.4 Å². The van der Waals surface area contributed by atoms with Crippen molar-refractivity contribution in [2.24, 2.45) is 0 Å². The molecule has 2 aromatic carbocycles. The molecule has 0 saturated carbocycles. The van der Waals surface area contributed by atoms with Gasteiger partial charge in [-0.1, -0.05) is 30.0 Å². The first-order valence-electron chi connectivity index (χ1n) is 11.4. The molecule has 172 valence electrons. The highest BCUT2D eigenvalue weighted by molar-refractivity contribution is 8.00.